The Morgan fingerprint density at radius 2 is 1.56 bits per heavy atom. The molecule has 0 bridgehead atoms. The van der Waals surface area contributed by atoms with Gasteiger partial charge >= 0.3 is 0 Å². The van der Waals surface area contributed by atoms with Gasteiger partial charge in [0.05, 0.1) is 11.9 Å². The molecular formula is C31H36BrN3O5S. The first kappa shape index (κ1) is 32.0. The summed E-state index contributed by atoms with van der Waals surface area (Å²) in [6.07, 6.45) is 1.25. The molecule has 3 aromatic carbocycles. The number of nitrogens with one attached hydrogen (secondary N) is 1. The fourth-order valence-corrected chi connectivity index (χ4v) is 5.59. The maximum atomic E-state index is 14.1. The van der Waals surface area contributed by atoms with Gasteiger partial charge in [-0.1, -0.05) is 84.4 Å². The molecule has 1 N–H and O–H groups in total. The molecule has 0 spiro atoms. The van der Waals surface area contributed by atoms with Crippen LogP contribution in [-0.4, -0.2) is 56.3 Å². The number of carbonyl (C=O) groups is 3. The molecule has 0 fully saturated rings. The largest absolute Gasteiger partial charge is 0.354 e. The molecule has 2 amide bonds. The zero-order valence-electron chi connectivity index (χ0n) is 23.7. The Morgan fingerprint density at radius 1 is 0.902 bits per heavy atom. The fourth-order valence-electron chi connectivity index (χ4n) is 4.30. The molecule has 218 valence electrons. The van der Waals surface area contributed by atoms with Crippen LogP contribution >= 0.6 is 15.9 Å². The van der Waals surface area contributed by atoms with Crippen LogP contribution in [0.5, 0.6) is 0 Å². The summed E-state index contributed by atoms with van der Waals surface area (Å²) < 4.78 is 27.6. The molecule has 0 aliphatic heterocycles. The standard InChI is InChI=1S/C31H36BrN3O5S/c1-22(2)19-33-31(38)29(17-24-10-6-5-7-11-24)34(20-25-12-8-14-27(32)16-25)30(37)21-35(41(4,39)40)28-15-9-13-26(18-28)23(3)36/h5-16,18,22,29H,17,19-21H2,1-4H3,(H,33,38)/t29-/m1/s1. The minimum Gasteiger partial charge on any atom is -0.354 e. The number of amides is 2. The van der Waals surface area contributed by atoms with Crippen LogP contribution in [0.1, 0.15) is 42.3 Å². The first-order valence-electron chi connectivity index (χ1n) is 13.3. The smallest absolute Gasteiger partial charge is 0.244 e. The average molecular weight is 643 g/mol. The molecule has 0 saturated heterocycles. The van der Waals surface area contributed by atoms with E-state index in [9.17, 15) is 22.8 Å². The third-order valence-electron chi connectivity index (χ3n) is 6.42. The lowest BCUT2D eigenvalue weighted by molar-refractivity contribution is -0.140. The van der Waals surface area contributed by atoms with E-state index in [1.807, 2.05) is 68.4 Å². The van der Waals surface area contributed by atoms with Gasteiger partial charge in [0.2, 0.25) is 21.8 Å². The molecule has 41 heavy (non-hydrogen) atoms. The van der Waals surface area contributed by atoms with Crippen molar-refractivity contribution >= 4 is 49.2 Å². The molecule has 0 aromatic heterocycles. The Balaban J connectivity index is 2.07. The van der Waals surface area contributed by atoms with Crippen molar-refractivity contribution in [3.05, 3.63) is 100 Å². The Labute approximate surface area is 250 Å². The summed E-state index contributed by atoms with van der Waals surface area (Å²) in [5, 5.41) is 2.96. The van der Waals surface area contributed by atoms with E-state index in [4.69, 9.17) is 0 Å². The Bertz CT molecular complexity index is 1480. The minimum absolute atomic E-state index is 0.0793. The van der Waals surface area contributed by atoms with Crippen molar-refractivity contribution in [3.63, 3.8) is 0 Å². The lowest BCUT2D eigenvalue weighted by Crippen LogP contribution is -2.53. The molecule has 1 atom stereocenters. The summed E-state index contributed by atoms with van der Waals surface area (Å²) in [7, 11) is -3.93. The number of ketones is 1. The fraction of sp³-hybridized carbons (Fsp3) is 0.323. The lowest BCUT2D eigenvalue weighted by atomic mass is 10.0. The molecule has 3 rings (SSSR count). The van der Waals surface area contributed by atoms with E-state index >= 15 is 0 Å². The van der Waals surface area contributed by atoms with Gasteiger partial charge in [-0.3, -0.25) is 18.7 Å². The van der Waals surface area contributed by atoms with Gasteiger partial charge in [0.1, 0.15) is 12.6 Å². The van der Waals surface area contributed by atoms with Crippen molar-refractivity contribution in [3.8, 4) is 0 Å². The Morgan fingerprint density at radius 3 is 2.17 bits per heavy atom. The number of benzene rings is 3. The van der Waals surface area contributed by atoms with Crippen molar-refractivity contribution in [1.29, 1.82) is 0 Å². The minimum atomic E-state index is -3.93. The molecule has 0 saturated carbocycles. The average Bonchev–Trinajstić information content (AvgIpc) is 2.92. The summed E-state index contributed by atoms with van der Waals surface area (Å²) in [6, 6.07) is 22.0. The number of sulfonamides is 1. The summed E-state index contributed by atoms with van der Waals surface area (Å²) in [5.74, 6) is -0.910. The third-order valence-corrected chi connectivity index (χ3v) is 8.05. The van der Waals surface area contributed by atoms with Gasteiger partial charge in [0.15, 0.2) is 5.78 Å². The number of anilines is 1. The number of nitrogens with zero attached hydrogens (tertiary/aromatic N) is 2. The predicted molar refractivity (Wildman–Crippen MR) is 165 cm³/mol. The van der Waals surface area contributed by atoms with E-state index in [2.05, 4.69) is 21.2 Å². The van der Waals surface area contributed by atoms with Crippen LogP contribution in [-0.2, 0) is 32.6 Å². The molecule has 0 heterocycles. The maximum Gasteiger partial charge on any atom is 0.244 e. The Kier molecular flexibility index (Phi) is 11.3. The highest BCUT2D eigenvalue weighted by Gasteiger charge is 2.33. The zero-order chi connectivity index (χ0) is 30.2. The number of carbonyl (C=O) groups excluding carboxylic acids is 3. The van der Waals surface area contributed by atoms with Gasteiger partial charge in [-0.15, -0.1) is 0 Å². The molecule has 0 radical (unpaired) electrons. The summed E-state index contributed by atoms with van der Waals surface area (Å²) in [6.45, 7) is 5.31. The third kappa shape index (κ3) is 9.54. The first-order chi connectivity index (χ1) is 19.3. The Hall–Kier alpha value is -3.50. The molecule has 0 unspecified atom stereocenters. The van der Waals surface area contributed by atoms with Crippen molar-refractivity contribution < 1.29 is 22.8 Å². The van der Waals surface area contributed by atoms with Crippen LogP contribution in [0.15, 0.2) is 83.3 Å². The number of rotatable bonds is 13. The summed E-state index contributed by atoms with van der Waals surface area (Å²) in [5.41, 5.74) is 2.15. The number of hydrogen-bond acceptors (Lipinski definition) is 5. The SMILES string of the molecule is CC(=O)c1cccc(N(CC(=O)N(Cc2cccc(Br)c2)[C@H](Cc2ccccc2)C(=O)NCC(C)C)S(C)(=O)=O)c1. The van der Waals surface area contributed by atoms with Crippen LogP contribution in [0.3, 0.4) is 0 Å². The van der Waals surface area contributed by atoms with Gasteiger partial charge < -0.3 is 10.2 Å². The first-order valence-corrected chi connectivity index (χ1v) is 15.9. The highest BCUT2D eigenvalue weighted by molar-refractivity contribution is 9.10. The monoisotopic (exact) mass is 641 g/mol. The van der Waals surface area contributed by atoms with E-state index in [-0.39, 0.29) is 36.3 Å². The topological polar surface area (TPSA) is 104 Å². The molecule has 0 aliphatic rings. The van der Waals surface area contributed by atoms with Crippen molar-refractivity contribution in [2.75, 3.05) is 23.7 Å². The molecular weight excluding hydrogens is 606 g/mol. The number of Topliss-reactive ketones (excluding diaryl/α,β-unsaturated/α-hetero) is 1. The molecule has 8 nitrogen and oxygen atoms in total. The van der Waals surface area contributed by atoms with Gasteiger partial charge in [-0.25, -0.2) is 8.42 Å². The second-order valence-corrected chi connectivity index (χ2v) is 13.2. The molecule has 0 aliphatic carbocycles. The van der Waals surface area contributed by atoms with E-state index < -0.39 is 28.5 Å². The van der Waals surface area contributed by atoms with Gasteiger partial charge in [-0.2, -0.15) is 0 Å². The predicted octanol–water partition coefficient (Wildman–Crippen LogP) is 4.83. The van der Waals surface area contributed by atoms with E-state index in [0.29, 0.717) is 12.1 Å². The van der Waals surface area contributed by atoms with Crippen LogP contribution < -0.4 is 9.62 Å². The van der Waals surface area contributed by atoms with E-state index in [0.717, 1.165) is 26.2 Å². The highest BCUT2D eigenvalue weighted by Crippen LogP contribution is 2.22. The van der Waals surface area contributed by atoms with E-state index in [1.165, 1.54) is 24.0 Å². The summed E-state index contributed by atoms with van der Waals surface area (Å²) >= 11 is 3.47. The summed E-state index contributed by atoms with van der Waals surface area (Å²) in [4.78, 5) is 41.2. The highest BCUT2D eigenvalue weighted by atomic mass is 79.9. The van der Waals surface area contributed by atoms with Gasteiger partial charge in [0.25, 0.3) is 0 Å². The van der Waals surface area contributed by atoms with Gasteiger partial charge in [0, 0.05) is 29.5 Å². The lowest BCUT2D eigenvalue weighted by Gasteiger charge is -2.33. The maximum absolute atomic E-state index is 14.1. The van der Waals surface area contributed by atoms with Crippen LogP contribution in [0.25, 0.3) is 0 Å². The normalized spacial score (nSPS) is 12.0. The second-order valence-electron chi connectivity index (χ2n) is 10.4. The van der Waals surface area contributed by atoms with Crippen molar-refractivity contribution in [2.24, 2.45) is 5.92 Å². The van der Waals surface area contributed by atoms with Crippen LogP contribution in [0.4, 0.5) is 5.69 Å². The molecule has 3 aromatic rings. The van der Waals surface area contributed by atoms with Crippen molar-refractivity contribution in [1.82, 2.24) is 10.2 Å². The van der Waals surface area contributed by atoms with Crippen LogP contribution in [0, 0.1) is 5.92 Å². The zero-order valence-corrected chi connectivity index (χ0v) is 26.1. The van der Waals surface area contributed by atoms with Crippen LogP contribution in [0.2, 0.25) is 0 Å². The van der Waals surface area contributed by atoms with Gasteiger partial charge in [-0.05, 0) is 48.2 Å². The second kappa shape index (κ2) is 14.4. The number of halogens is 1. The van der Waals surface area contributed by atoms with E-state index in [1.54, 1.807) is 12.1 Å². The van der Waals surface area contributed by atoms with Crippen molar-refractivity contribution in [2.45, 2.75) is 39.8 Å². The number of hydrogen-bond donors (Lipinski definition) is 1. The molecule has 10 heteroatoms. The quantitative estimate of drug-likeness (QED) is 0.269.